The molecule has 2 rings (SSSR count). The molecule has 0 spiro atoms. The third-order valence-corrected chi connectivity index (χ3v) is 5.06. The minimum Gasteiger partial charge on any atom is -0.443 e. The lowest BCUT2D eigenvalue weighted by Crippen LogP contribution is -2.33. The molecule has 0 saturated carbocycles. The van der Waals surface area contributed by atoms with Gasteiger partial charge in [0.25, 0.3) is 0 Å². The predicted octanol–water partition coefficient (Wildman–Crippen LogP) is 5.05. The van der Waals surface area contributed by atoms with Crippen LogP contribution >= 0.6 is 22.7 Å². The summed E-state index contributed by atoms with van der Waals surface area (Å²) in [6.45, 7) is 7.08. The van der Waals surface area contributed by atoms with Crippen molar-refractivity contribution < 1.29 is 14.3 Å². The van der Waals surface area contributed by atoms with Crippen LogP contribution in [0.4, 0.5) is 9.80 Å². The van der Waals surface area contributed by atoms with Crippen LogP contribution in [-0.2, 0) is 4.74 Å². The van der Waals surface area contributed by atoms with Crippen LogP contribution < -0.4 is 4.90 Å². The monoisotopic (exact) mass is 337 g/mol. The van der Waals surface area contributed by atoms with E-state index in [1.165, 1.54) is 27.6 Å². The molecule has 118 valence electrons. The lowest BCUT2D eigenvalue weighted by atomic mass is 10.2. The van der Waals surface area contributed by atoms with Gasteiger partial charge in [0.2, 0.25) is 0 Å². The van der Waals surface area contributed by atoms with Crippen molar-refractivity contribution in [3.8, 4) is 10.4 Å². The Morgan fingerprint density at radius 3 is 2.45 bits per heavy atom. The van der Waals surface area contributed by atoms with Gasteiger partial charge in [0.05, 0.1) is 4.88 Å². The standard InChI is InChI=1S/C16H19NO3S2/c1-10(18)12-6-7-13(22-12)11-8-14(21-9-11)17(5)15(19)20-16(2,3)4/h6-9H,1-5H3. The minimum atomic E-state index is -0.518. The zero-order chi connectivity index (χ0) is 16.5. The highest BCUT2D eigenvalue weighted by molar-refractivity contribution is 7.18. The minimum absolute atomic E-state index is 0.0672. The molecular weight excluding hydrogens is 318 g/mol. The van der Waals surface area contributed by atoms with Crippen LogP contribution in [0.1, 0.15) is 37.4 Å². The van der Waals surface area contributed by atoms with Crippen LogP contribution in [0.15, 0.2) is 23.6 Å². The van der Waals surface area contributed by atoms with Gasteiger partial charge in [0.15, 0.2) is 5.78 Å². The molecule has 22 heavy (non-hydrogen) atoms. The number of hydrogen-bond donors (Lipinski definition) is 0. The third-order valence-electron chi connectivity index (χ3n) is 2.82. The second-order valence-corrected chi connectivity index (χ2v) is 7.91. The fraction of sp³-hybridized carbons (Fsp3) is 0.375. The van der Waals surface area contributed by atoms with Crippen molar-refractivity contribution in [3.63, 3.8) is 0 Å². The summed E-state index contributed by atoms with van der Waals surface area (Å²) in [5.41, 5.74) is 0.489. The van der Waals surface area contributed by atoms with Gasteiger partial charge in [-0.1, -0.05) is 0 Å². The number of carbonyl (C=O) groups is 2. The number of amides is 1. The van der Waals surface area contributed by atoms with Crippen molar-refractivity contribution in [2.75, 3.05) is 11.9 Å². The molecule has 2 aromatic heterocycles. The Labute approximate surface area is 138 Å². The van der Waals surface area contributed by atoms with E-state index in [9.17, 15) is 9.59 Å². The summed E-state index contributed by atoms with van der Waals surface area (Å²) in [5, 5.41) is 2.79. The van der Waals surface area contributed by atoms with Gasteiger partial charge in [0, 0.05) is 22.9 Å². The summed E-state index contributed by atoms with van der Waals surface area (Å²) >= 11 is 2.93. The summed E-state index contributed by atoms with van der Waals surface area (Å²) in [6, 6.07) is 5.70. The number of carbonyl (C=O) groups excluding carboxylic acids is 2. The molecular formula is C16H19NO3S2. The maximum atomic E-state index is 12.1. The molecule has 0 aromatic carbocycles. The van der Waals surface area contributed by atoms with Gasteiger partial charge in [-0.3, -0.25) is 9.69 Å². The average molecular weight is 337 g/mol. The van der Waals surface area contributed by atoms with Crippen molar-refractivity contribution in [2.24, 2.45) is 0 Å². The first-order chi connectivity index (χ1) is 10.2. The summed E-state index contributed by atoms with van der Waals surface area (Å²) in [6.07, 6.45) is -0.378. The van der Waals surface area contributed by atoms with Crippen molar-refractivity contribution in [3.05, 3.63) is 28.5 Å². The fourth-order valence-corrected chi connectivity index (χ4v) is 3.57. The fourth-order valence-electron chi connectivity index (χ4n) is 1.73. The van der Waals surface area contributed by atoms with Gasteiger partial charge in [-0.05, 0) is 45.9 Å². The van der Waals surface area contributed by atoms with Crippen LogP contribution in [0.25, 0.3) is 10.4 Å². The van der Waals surface area contributed by atoms with Crippen molar-refractivity contribution in [1.29, 1.82) is 0 Å². The van der Waals surface area contributed by atoms with Gasteiger partial charge >= 0.3 is 6.09 Å². The van der Waals surface area contributed by atoms with E-state index in [2.05, 4.69) is 0 Å². The second kappa shape index (κ2) is 6.22. The molecule has 0 atom stereocenters. The van der Waals surface area contributed by atoms with Crippen molar-refractivity contribution in [1.82, 2.24) is 0 Å². The average Bonchev–Trinajstić information content (AvgIpc) is 3.04. The molecule has 0 aliphatic rings. The molecule has 0 aliphatic heterocycles. The normalized spacial score (nSPS) is 11.3. The van der Waals surface area contributed by atoms with E-state index in [0.29, 0.717) is 0 Å². The molecule has 1 amide bonds. The van der Waals surface area contributed by atoms with E-state index in [0.717, 1.165) is 20.3 Å². The Bertz CT molecular complexity index is 694. The van der Waals surface area contributed by atoms with Crippen molar-refractivity contribution >= 4 is 39.6 Å². The number of hydrogen-bond acceptors (Lipinski definition) is 5. The van der Waals surface area contributed by atoms with Crippen LogP contribution in [0, 0.1) is 0 Å². The third kappa shape index (κ3) is 3.96. The second-order valence-electron chi connectivity index (χ2n) is 5.93. The van der Waals surface area contributed by atoms with Gasteiger partial charge in [-0.15, -0.1) is 22.7 Å². The lowest BCUT2D eigenvalue weighted by molar-refractivity contribution is 0.0590. The summed E-state index contributed by atoms with van der Waals surface area (Å²) in [4.78, 5) is 26.7. The Morgan fingerprint density at radius 2 is 1.91 bits per heavy atom. The highest BCUT2D eigenvalue weighted by atomic mass is 32.1. The molecule has 0 bridgehead atoms. The number of rotatable bonds is 3. The summed E-state index contributed by atoms with van der Waals surface area (Å²) < 4.78 is 5.36. The number of thiophene rings is 2. The van der Waals surface area contributed by atoms with Gasteiger partial charge in [-0.2, -0.15) is 0 Å². The molecule has 0 unspecified atom stereocenters. The molecule has 0 radical (unpaired) electrons. The first kappa shape index (κ1) is 16.7. The predicted molar refractivity (Wildman–Crippen MR) is 92.3 cm³/mol. The maximum Gasteiger partial charge on any atom is 0.415 e. The molecule has 6 heteroatoms. The zero-order valence-electron chi connectivity index (χ0n) is 13.3. The number of ketones is 1. The van der Waals surface area contributed by atoms with E-state index in [1.54, 1.807) is 14.0 Å². The number of nitrogens with zero attached hydrogens (tertiary/aromatic N) is 1. The number of anilines is 1. The molecule has 0 aliphatic carbocycles. The van der Waals surface area contributed by atoms with E-state index >= 15 is 0 Å². The van der Waals surface area contributed by atoms with Crippen LogP contribution in [0.5, 0.6) is 0 Å². The van der Waals surface area contributed by atoms with E-state index in [1.807, 2.05) is 44.4 Å². The van der Waals surface area contributed by atoms with Crippen molar-refractivity contribution in [2.45, 2.75) is 33.3 Å². The van der Waals surface area contributed by atoms with Crippen LogP contribution in [0.2, 0.25) is 0 Å². The van der Waals surface area contributed by atoms with E-state index in [4.69, 9.17) is 4.74 Å². The van der Waals surface area contributed by atoms with Gasteiger partial charge in [0.1, 0.15) is 10.6 Å². The highest BCUT2D eigenvalue weighted by Gasteiger charge is 2.21. The molecule has 4 nitrogen and oxygen atoms in total. The Hall–Kier alpha value is -1.66. The largest absolute Gasteiger partial charge is 0.443 e. The topological polar surface area (TPSA) is 46.6 Å². The summed E-state index contributed by atoms with van der Waals surface area (Å²) in [7, 11) is 1.69. The van der Waals surface area contributed by atoms with Crippen LogP contribution in [0.3, 0.4) is 0 Å². The van der Waals surface area contributed by atoms with Gasteiger partial charge < -0.3 is 4.74 Å². The molecule has 0 N–H and O–H groups in total. The highest BCUT2D eigenvalue weighted by Crippen LogP contribution is 2.35. The first-order valence-corrected chi connectivity index (χ1v) is 8.53. The molecule has 0 fully saturated rings. The van der Waals surface area contributed by atoms with Gasteiger partial charge in [-0.25, -0.2) is 4.79 Å². The van der Waals surface area contributed by atoms with E-state index in [-0.39, 0.29) is 11.9 Å². The molecule has 2 aromatic rings. The summed E-state index contributed by atoms with van der Waals surface area (Å²) in [5.74, 6) is 0.0672. The molecule has 2 heterocycles. The number of ether oxygens (including phenoxy) is 1. The molecule has 0 saturated heterocycles. The smallest absolute Gasteiger partial charge is 0.415 e. The SMILES string of the molecule is CC(=O)c1ccc(-c2csc(N(C)C(=O)OC(C)(C)C)c2)s1. The quantitative estimate of drug-likeness (QED) is 0.736. The Balaban J connectivity index is 2.16. The number of Topliss-reactive ketones (excluding diaryl/α,β-unsaturated/α-hetero) is 1. The maximum absolute atomic E-state index is 12.1. The zero-order valence-corrected chi connectivity index (χ0v) is 14.9. The van der Waals surface area contributed by atoms with E-state index < -0.39 is 5.60 Å². The lowest BCUT2D eigenvalue weighted by Gasteiger charge is -2.23. The first-order valence-electron chi connectivity index (χ1n) is 6.84. The Morgan fingerprint density at radius 1 is 1.23 bits per heavy atom. The Kier molecular flexibility index (Phi) is 4.72. The van der Waals surface area contributed by atoms with Crippen LogP contribution in [-0.4, -0.2) is 24.5 Å².